The average molecular weight is 154 g/mol. The highest BCUT2D eigenvalue weighted by atomic mass is 14.3. The van der Waals surface area contributed by atoms with E-state index in [0.29, 0.717) is 0 Å². The predicted octanol–water partition coefficient (Wildman–Crippen LogP) is 3.86. The van der Waals surface area contributed by atoms with Crippen molar-refractivity contribution in [1.29, 1.82) is 0 Å². The Labute approximate surface area is 71.4 Å². The zero-order valence-electron chi connectivity index (χ0n) is 8.27. The van der Waals surface area contributed by atoms with Crippen molar-refractivity contribution in [2.45, 2.75) is 52.9 Å². The van der Waals surface area contributed by atoms with Gasteiger partial charge in [0.1, 0.15) is 0 Å². The first-order valence-electron chi connectivity index (χ1n) is 5.27. The van der Waals surface area contributed by atoms with Crippen LogP contribution in [0, 0.1) is 17.8 Å². The van der Waals surface area contributed by atoms with Crippen LogP contribution in [-0.2, 0) is 0 Å². The van der Waals surface area contributed by atoms with E-state index in [9.17, 15) is 0 Å². The van der Waals surface area contributed by atoms with Gasteiger partial charge in [-0.3, -0.25) is 0 Å². The van der Waals surface area contributed by atoms with Gasteiger partial charge >= 0.3 is 0 Å². The summed E-state index contributed by atoms with van der Waals surface area (Å²) in [6.45, 7) is 7.08. The monoisotopic (exact) mass is 154 g/mol. The van der Waals surface area contributed by atoms with Gasteiger partial charge < -0.3 is 0 Å². The first-order valence-corrected chi connectivity index (χ1v) is 5.27. The van der Waals surface area contributed by atoms with Gasteiger partial charge in [-0.2, -0.15) is 0 Å². The summed E-state index contributed by atoms with van der Waals surface area (Å²) in [6, 6.07) is 0. The first kappa shape index (κ1) is 9.09. The van der Waals surface area contributed by atoms with E-state index >= 15 is 0 Å². The maximum absolute atomic E-state index is 2.42. The van der Waals surface area contributed by atoms with Crippen LogP contribution in [-0.4, -0.2) is 0 Å². The van der Waals surface area contributed by atoms with Crippen LogP contribution in [0.25, 0.3) is 0 Å². The molecule has 0 nitrogen and oxygen atoms in total. The molecule has 3 atom stereocenters. The quantitative estimate of drug-likeness (QED) is 0.579. The Bertz CT molecular complexity index is 107. The molecule has 0 N–H and O–H groups in total. The normalized spacial score (nSPS) is 37.9. The largest absolute Gasteiger partial charge is 0.0654 e. The topological polar surface area (TPSA) is 0 Å². The maximum atomic E-state index is 2.42. The highest BCUT2D eigenvalue weighted by Gasteiger charge is 2.29. The molecule has 0 aromatic carbocycles. The van der Waals surface area contributed by atoms with E-state index in [1.54, 1.807) is 0 Å². The summed E-state index contributed by atoms with van der Waals surface area (Å²) in [5.41, 5.74) is 0. The molecule has 66 valence electrons. The van der Waals surface area contributed by atoms with Crippen LogP contribution in [0.5, 0.6) is 0 Å². The lowest BCUT2D eigenvalue weighted by molar-refractivity contribution is 0.352. The molecule has 1 rings (SSSR count). The van der Waals surface area contributed by atoms with Crippen molar-refractivity contribution in [2.24, 2.45) is 17.8 Å². The Morgan fingerprint density at radius 2 is 1.73 bits per heavy atom. The smallest absolute Gasteiger partial charge is 0.0383 e. The Hall–Kier alpha value is 0. The van der Waals surface area contributed by atoms with Gasteiger partial charge in [-0.05, 0) is 30.6 Å². The van der Waals surface area contributed by atoms with E-state index < -0.39 is 0 Å². The molecule has 0 radical (unpaired) electrons. The highest BCUT2D eigenvalue weighted by molar-refractivity contribution is 4.80. The average Bonchev–Trinajstić information content (AvgIpc) is 2.32. The Balaban J connectivity index is 2.37. The molecule has 0 heteroatoms. The van der Waals surface area contributed by atoms with E-state index in [-0.39, 0.29) is 0 Å². The van der Waals surface area contributed by atoms with Crippen molar-refractivity contribution < 1.29 is 0 Å². The lowest BCUT2D eigenvalue weighted by Gasteiger charge is -2.16. The van der Waals surface area contributed by atoms with Crippen molar-refractivity contribution in [3.8, 4) is 0 Å². The molecule has 1 fully saturated rings. The minimum Gasteiger partial charge on any atom is -0.0654 e. The number of hydrogen-bond acceptors (Lipinski definition) is 0. The van der Waals surface area contributed by atoms with Crippen molar-refractivity contribution >= 4 is 0 Å². The third kappa shape index (κ3) is 2.21. The number of hydrogen-bond donors (Lipinski definition) is 0. The minimum atomic E-state index is 1.01. The van der Waals surface area contributed by atoms with Gasteiger partial charge in [0.05, 0.1) is 0 Å². The third-order valence-electron chi connectivity index (χ3n) is 3.26. The Kier molecular flexibility index (Phi) is 3.42. The van der Waals surface area contributed by atoms with Crippen LogP contribution < -0.4 is 0 Å². The van der Waals surface area contributed by atoms with Crippen molar-refractivity contribution in [1.82, 2.24) is 0 Å². The van der Waals surface area contributed by atoms with Crippen molar-refractivity contribution in [2.75, 3.05) is 0 Å². The first-order chi connectivity index (χ1) is 5.27. The summed E-state index contributed by atoms with van der Waals surface area (Å²) >= 11 is 0. The van der Waals surface area contributed by atoms with E-state index in [1.165, 1.54) is 32.1 Å². The Morgan fingerprint density at radius 3 is 2.27 bits per heavy atom. The second kappa shape index (κ2) is 4.13. The molecule has 0 aliphatic heterocycles. The maximum Gasteiger partial charge on any atom is -0.0383 e. The van der Waals surface area contributed by atoms with Crippen LogP contribution in [0.15, 0.2) is 0 Å². The fourth-order valence-electron chi connectivity index (χ4n) is 2.74. The molecule has 1 aliphatic rings. The van der Waals surface area contributed by atoms with Gasteiger partial charge in [0.15, 0.2) is 0 Å². The molecule has 0 aromatic rings. The highest BCUT2D eigenvalue weighted by Crippen LogP contribution is 2.40. The van der Waals surface area contributed by atoms with Gasteiger partial charge in [0.2, 0.25) is 0 Å². The molecule has 1 unspecified atom stereocenters. The molecule has 1 aliphatic carbocycles. The van der Waals surface area contributed by atoms with Crippen LogP contribution in [0.1, 0.15) is 52.9 Å². The fourth-order valence-corrected chi connectivity index (χ4v) is 2.74. The molecular weight excluding hydrogens is 132 g/mol. The van der Waals surface area contributed by atoms with Gasteiger partial charge in [-0.15, -0.1) is 0 Å². The molecule has 0 amide bonds. The van der Waals surface area contributed by atoms with Crippen LogP contribution >= 0.6 is 0 Å². The van der Waals surface area contributed by atoms with E-state index in [0.717, 1.165) is 17.8 Å². The summed E-state index contributed by atoms with van der Waals surface area (Å²) < 4.78 is 0. The minimum absolute atomic E-state index is 1.01. The summed E-state index contributed by atoms with van der Waals surface area (Å²) in [5, 5.41) is 0. The molecular formula is C11H22. The third-order valence-corrected chi connectivity index (χ3v) is 3.26. The molecule has 0 bridgehead atoms. The predicted molar refractivity (Wildman–Crippen MR) is 50.6 cm³/mol. The lowest BCUT2D eigenvalue weighted by Crippen LogP contribution is -2.05. The molecule has 0 spiro atoms. The van der Waals surface area contributed by atoms with Crippen LogP contribution in [0.3, 0.4) is 0 Å². The zero-order valence-corrected chi connectivity index (χ0v) is 8.27. The van der Waals surface area contributed by atoms with E-state index in [1.807, 2.05) is 0 Å². The summed E-state index contributed by atoms with van der Waals surface area (Å²) in [7, 11) is 0. The second-order valence-electron chi connectivity index (χ2n) is 4.29. The molecule has 0 saturated heterocycles. The standard InChI is InChI=1S/C11H22/c1-4-6-11-8-9(3)7-10(11)5-2/h9-11H,4-8H2,1-3H3/t9?,10-,11+/m0/s1. The zero-order chi connectivity index (χ0) is 8.27. The molecule has 0 heterocycles. The second-order valence-corrected chi connectivity index (χ2v) is 4.29. The molecule has 0 aromatic heterocycles. The summed E-state index contributed by atoms with van der Waals surface area (Å²) in [6.07, 6.45) is 7.28. The van der Waals surface area contributed by atoms with Crippen molar-refractivity contribution in [3.05, 3.63) is 0 Å². The SMILES string of the molecule is CCC[C@@H]1CC(C)C[C@@H]1CC. The molecule has 11 heavy (non-hydrogen) atoms. The Morgan fingerprint density at radius 1 is 1.09 bits per heavy atom. The molecule has 1 saturated carbocycles. The number of rotatable bonds is 3. The van der Waals surface area contributed by atoms with E-state index in [4.69, 9.17) is 0 Å². The van der Waals surface area contributed by atoms with Crippen LogP contribution in [0.4, 0.5) is 0 Å². The summed E-state index contributed by atoms with van der Waals surface area (Å²) in [4.78, 5) is 0. The van der Waals surface area contributed by atoms with Gasteiger partial charge in [0.25, 0.3) is 0 Å². The van der Waals surface area contributed by atoms with E-state index in [2.05, 4.69) is 20.8 Å². The van der Waals surface area contributed by atoms with Gasteiger partial charge in [-0.25, -0.2) is 0 Å². The van der Waals surface area contributed by atoms with Gasteiger partial charge in [-0.1, -0.05) is 40.0 Å². The lowest BCUT2D eigenvalue weighted by atomic mass is 9.90. The van der Waals surface area contributed by atoms with Crippen molar-refractivity contribution in [3.63, 3.8) is 0 Å². The van der Waals surface area contributed by atoms with Gasteiger partial charge in [0, 0.05) is 0 Å². The summed E-state index contributed by atoms with van der Waals surface area (Å²) in [5.74, 6) is 3.14. The van der Waals surface area contributed by atoms with Crippen LogP contribution in [0.2, 0.25) is 0 Å². The fraction of sp³-hybridized carbons (Fsp3) is 1.00.